The monoisotopic (exact) mass is 326 g/mol. The van der Waals surface area contributed by atoms with Crippen LogP contribution in [0.1, 0.15) is 32.8 Å². The van der Waals surface area contributed by atoms with Crippen LogP contribution in [0.25, 0.3) is 0 Å². The number of ether oxygens (including phenoxy) is 1. The zero-order valence-electron chi connectivity index (χ0n) is 13.9. The van der Waals surface area contributed by atoms with Crippen LogP contribution in [0.4, 0.5) is 13.6 Å². The second kappa shape index (κ2) is 7.25. The topological polar surface area (TPSA) is 41.6 Å². The first-order valence-corrected chi connectivity index (χ1v) is 7.86. The van der Waals surface area contributed by atoms with E-state index in [1.807, 2.05) is 20.8 Å². The van der Waals surface area contributed by atoms with Gasteiger partial charge < -0.3 is 15.0 Å². The molecule has 1 saturated heterocycles. The van der Waals surface area contributed by atoms with Gasteiger partial charge in [0.15, 0.2) is 0 Å². The maximum absolute atomic E-state index is 13.1. The van der Waals surface area contributed by atoms with E-state index in [9.17, 15) is 13.6 Å². The molecule has 0 bridgehead atoms. The lowest BCUT2D eigenvalue weighted by Gasteiger charge is -2.24. The summed E-state index contributed by atoms with van der Waals surface area (Å²) in [7, 11) is 0. The summed E-state index contributed by atoms with van der Waals surface area (Å²) in [6.07, 6.45) is 0.608. The fraction of sp³-hybridized carbons (Fsp3) is 0.588. The van der Waals surface area contributed by atoms with Crippen LogP contribution < -0.4 is 5.32 Å². The van der Waals surface area contributed by atoms with Gasteiger partial charge in [0.1, 0.15) is 17.2 Å². The normalized spacial score (nSPS) is 18.3. The van der Waals surface area contributed by atoms with E-state index in [4.69, 9.17) is 4.74 Å². The zero-order chi connectivity index (χ0) is 17.0. The van der Waals surface area contributed by atoms with Crippen LogP contribution in [0, 0.1) is 17.6 Å². The molecule has 0 aromatic heterocycles. The van der Waals surface area contributed by atoms with Gasteiger partial charge in [-0.15, -0.1) is 0 Å². The number of hydrogen-bond acceptors (Lipinski definition) is 3. The van der Waals surface area contributed by atoms with E-state index in [2.05, 4.69) is 5.32 Å². The first-order chi connectivity index (χ1) is 10.7. The van der Waals surface area contributed by atoms with Crippen molar-refractivity contribution in [1.29, 1.82) is 0 Å². The second-order valence-corrected chi connectivity index (χ2v) is 6.99. The molecule has 1 amide bonds. The van der Waals surface area contributed by atoms with Crippen molar-refractivity contribution in [2.24, 2.45) is 5.92 Å². The van der Waals surface area contributed by atoms with Crippen LogP contribution in [-0.2, 0) is 11.3 Å². The highest BCUT2D eigenvalue weighted by Crippen LogP contribution is 2.19. The van der Waals surface area contributed by atoms with Crippen molar-refractivity contribution >= 4 is 6.09 Å². The molecule has 0 saturated carbocycles. The summed E-state index contributed by atoms with van der Waals surface area (Å²) in [6, 6.07) is 3.49. The van der Waals surface area contributed by atoms with Crippen LogP contribution >= 0.6 is 0 Å². The third-order valence-electron chi connectivity index (χ3n) is 3.62. The number of carbonyl (C=O) groups excluding carboxylic acids is 1. The Morgan fingerprint density at radius 3 is 2.57 bits per heavy atom. The van der Waals surface area contributed by atoms with E-state index in [0.29, 0.717) is 37.7 Å². The number of carbonyl (C=O) groups is 1. The van der Waals surface area contributed by atoms with Gasteiger partial charge in [0.25, 0.3) is 0 Å². The molecule has 4 nitrogen and oxygen atoms in total. The number of benzene rings is 1. The number of likely N-dealkylation sites (tertiary alicyclic amines) is 1. The van der Waals surface area contributed by atoms with E-state index in [0.717, 1.165) is 12.5 Å². The first kappa shape index (κ1) is 17.7. The van der Waals surface area contributed by atoms with E-state index in [1.165, 1.54) is 12.1 Å². The Kier molecular flexibility index (Phi) is 5.57. The van der Waals surface area contributed by atoms with E-state index < -0.39 is 17.2 Å². The number of rotatable bonds is 4. The third-order valence-corrected chi connectivity index (χ3v) is 3.62. The summed E-state index contributed by atoms with van der Waals surface area (Å²) in [5, 5.41) is 3.19. The molecule has 1 aliphatic heterocycles. The van der Waals surface area contributed by atoms with Crippen molar-refractivity contribution in [1.82, 2.24) is 10.2 Å². The molecule has 1 fully saturated rings. The number of amides is 1. The fourth-order valence-electron chi connectivity index (χ4n) is 2.63. The predicted octanol–water partition coefficient (Wildman–Crippen LogP) is 3.31. The number of nitrogens with zero attached hydrogens (tertiary/aromatic N) is 1. The van der Waals surface area contributed by atoms with Gasteiger partial charge in [-0.3, -0.25) is 0 Å². The summed E-state index contributed by atoms with van der Waals surface area (Å²) >= 11 is 0. The van der Waals surface area contributed by atoms with Gasteiger partial charge in [-0.2, -0.15) is 0 Å². The quantitative estimate of drug-likeness (QED) is 0.923. The first-order valence-electron chi connectivity index (χ1n) is 7.86. The van der Waals surface area contributed by atoms with Gasteiger partial charge in [-0.05, 0) is 50.8 Å². The maximum Gasteiger partial charge on any atom is 0.410 e. The summed E-state index contributed by atoms with van der Waals surface area (Å²) in [5.74, 6) is -0.821. The molecule has 23 heavy (non-hydrogen) atoms. The van der Waals surface area contributed by atoms with Crippen molar-refractivity contribution in [3.63, 3.8) is 0 Å². The molecule has 1 aromatic carbocycles. The molecule has 1 unspecified atom stereocenters. The summed E-state index contributed by atoms with van der Waals surface area (Å²) in [5.41, 5.74) is 0.0824. The number of hydrogen-bond donors (Lipinski definition) is 1. The third kappa shape index (κ3) is 5.78. The lowest BCUT2D eigenvalue weighted by molar-refractivity contribution is 0.0288. The Morgan fingerprint density at radius 2 is 1.96 bits per heavy atom. The largest absolute Gasteiger partial charge is 0.444 e. The Labute approximate surface area is 135 Å². The van der Waals surface area contributed by atoms with Crippen LogP contribution in [-0.4, -0.2) is 36.2 Å². The Hall–Kier alpha value is -1.69. The second-order valence-electron chi connectivity index (χ2n) is 6.99. The molecule has 0 spiro atoms. The fourth-order valence-corrected chi connectivity index (χ4v) is 2.63. The summed E-state index contributed by atoms with van der Waals surface area (Å²) in [4.78, 5) is 13.7. The summed E-state index contributed by atoms with van der Waals surface area (Å²) < 4.78 is 31.6. The zero-order valence-corrected chi connectivity index (χ0v) is 13.9. The summed E-state index contributed by atoms with van der Waals surface area (Å²) in [6.45, 7) is 7.94. The highest BCUT2D eigenvalue weighted by atomic mass is 19.1. The van der Waals surface area contributed by atoms with Gasteiger partial charge in [0.2, 0.25) is 0 Å². The molecule has 1 N–H and O–H groups in total. The molecule has 1 atom stereocenters. The van der Waals surface area contributed by atoms with Gasteiger partial charge >= 0.3 is 6.09 Å². The molecule has 128 valence electrons. The minimum Gasteiger partial charge on any atom is -0.444 e. The molecule has 2 rings (SSSR count). The standard InChI is InChI=1S/C17H24F2N2O2/c1-17(2,3)23-16(22)21-5-4-12(11-21)9-20-10-13-6-14(18)8-15(19)7-13/h6-8,12,20H,4-5,9-11H2,1-3H3. The Morgan fingerprint density at radius 1 is 1.30 bits per heavy atom. The van der Waals surface area contributed by atoms with Crippen molar-refractivity contribution in [3.8, 4) is 0 Å². The number of halogens is 2. The smallest absolute Gasteiger partial charge is 0.410 e. The van der Waals surface area contributed by atoms with Crippen molar-refractivity contribution < 1.29 is 18.3 Å². The van der Waals surface area contributed by atoms with Gasteiger partial charge in [0, 0.05) is 32.2 Å². The average molecular weight is 326 g/mol. The van der Waals surface area contributed by atoms with Crippen LogP contribution in [0.15, 0.2) is 18.2 Å². The molecule has 1 aromatic rings. The van der Waals surface area contributed by atoms with E-state index in [-0.39, 0.29) is 6.09 Å². The van der Waals surface area contributed by atoms with Gasteiger partial charge in [-0.25, -0.2) is 13.6 Å². The molecular formula is C17H24F2N2O2. The Balaban J connectivity index is 1.74. The predicted molar refractivity (Wildman–Crippen MR) is 84.0 cm³/mol. The molecule has 6 heteroatoms. The molecule has 0 radical (unpaired) electrons. The average Bonchev–Trinajstić information content (AvgIpc) is 2.84. The minimum atomic E-state index is -0.571. The van der Waals surface area contributed by atoms with Crippen LogP contribution in [0.5, 0.6) is 0 Å². The number of nitrogens with one attached hydrogen (secondary N) is 1. The van der Waals surface area contributed by atoms with Crippen molar-refractivity contribution in [2.75, 3.05) is 19.6 Å². The molecule has 1 aliphatic rings. The lowest BCUT2D eigenvalue weighted by atomic mass is 10.1. The highest BCUT2D eigenvalue weighted by molar-refractivity contribution is 5.68. The Bertz CT molecular complexity index is 538. The molecule has 1 heterocycles. The van der Waals surface area contributed by atoms with Gasteiger partial charge in [0.05, 0.1) is 0 Å². The SMILES string of the molecule is CC(C)(C)OC(=O)N1CCC(CNCc2cc(F)cc(F)c2)C1. The van der Waals surface area contributed by atoms with Crippen molar-refractivity contribution in [3.05, 3.63) is 35.4 Å². The van der Waals surface area contributed by atoms with Crippen LogP contribution in [0.3, 0.4) is 0 Å². The van der Waals surface area contributed by atoms with E-state index >= 15 is 0 Å². The van der Waals surface area contributed by atoms with Crippen molar-refractivity contribution in [2.45, 2.75) is 39.3 Å². The minimum absolute atomic E-state index is 0.285. The van der Waals surface area contributed by atoms with Gasteiger partial charge in [-0.1, -0.05) is 0 Å². The van der Waals surface area contributed by atoms with E-state index in [1.54, 1.807) is 4.90 Å². The maximum atomic E-state index is 13.1. The highest BCUT2D eigenvalue weighted by Gasteiger charge is 2.29. The van der Waals surface area contributed by atoms with Crippen LogP contribution in [0.2, 0.25) is 0 Å². The molecule has 0 aliphatic carbocycles. The molecular weight excluding hydrogens is 302 g/mol. The lowest BCUT2D eigenvalue weighted by Crippen LogP contribution is -2.36.